The van der Waals surface area contributed by atoms with E-state index in [0.29, 0.717) is 30.0 Å². The fourth-order valence-corrected chi connectivity index (χ4v) is 1.62. The molecule has 0 fully saturated rings. The summed E-state index contributed by atoms with van der Waals surface area (Å²) in [6, 6.07) is 1.89. The minimum absolute atomic E-state index is 0.322. The van der Waals surface area contributed by atoms with E-state index in [1.165, 1.54) is 0 Å². The molecule has 0 spiro atoms. The standard InChI is InChI=1S/C9H6F4O2S/c10-6-2-1-5(9(11,12)13)3-7(6)16-4-8(14)15/h1-3H,4H2,(H,14,15). The lowest BCUT2D eigenvalue weighted by Gasteiger charge is -2.08. The Kier molecular flexibility index (Phi) is 3.79. The lowest BCUT2D eigenvalue weighted by molar-refractivity contribution is -0.137. The summed E-state index contributed by atoms with van der Waals surface area (Å²) in [4.78, 5) is 9.88. The molecule has 0 aliphatic heterocycles. The van der Waals surface area contributed by atoms with Gasteiger partial charge in [-0.2, -0.15) is 13.2 Å². The topological polar surface area (TPSA) is 37.3 Å². The van der Waals surface area contributed by atoms with Crippen molar-refractivity contribution in [2.45, 2.75) is 11.1 Å². The van der Waals surface area contributed by atoms with Crippen LogP contribution in [0.25, 0.3) is 0 Å². The number of alkyl halides is 3. The first-order valence-corrected chi connectivity index (χ1v) is 5.00. The van der Waals surface area contributed by atoms with E-state index in [4.69, 9.17) is 5.11 Å². The van der Waals surface area contributed by atoms with Crippen LogP contribution in [0.4, 0.5) is 17.6 Å². The van der Waals surface area contributed by atoms with Crippen LogP contribution in [0.15, 0.2) is 23.1 Å². The first-order chi connectivity index (χ1) is 7.30. The van der Waals surface area contributed by atoms with Gasteiger partial charge in [0, 0.05) is 4.90 Å². The van der Waals surface area contributed by atoms with E-state index in [0.717, 1.165) is 0 Å². The molecule has 7 heteroatoms. The molecule has 1 aromatic carbocycles. The van der Waals surface area contributed by atoms with Crippen molar-refractivity contribution in [2.24, 2.45) is 0 Å². The van der Waals surface area contributed by atoms with Crippen LogP contribution in [0.5, 0.6) is 0 Å². The summed E-state index contributed by atoms with van der Waals surface area (Å²) < 4.78 is 49.8. The van der Waals surface area contributed by atoms with Crippen molar-refractivity contribution >= 4 is 17.7 Å². The Labute approximate surface area is 92.3 Å². The molecule has 0 atom stereocenters. The predicted octanol–water partition coefficient (Wildman–Crippen LogP) is 3.02. The van der Waals surface area contributed by atoms with Gasteiger partial charge >= 0.3 is 12.1 Å². The number of hydrogen-bond acceptors (Lipinski definition) is 2. The van der Waals surface area contributed by atoms with E-state index in [2.05, 4.69) is 0 Å². The van der Waals surface area contributed by atoms with Gasteiger partial charge in [0.2, 0.25) is 0 Å². The number of hydrogen-bond donors (Lipinski definition) is 1. The first kappa shape index (κ1) is 12.8. The normalized spacial score (nSPS) is 11.5. The highest BCUT2D eigenvalue weighted by atomic mass is 32.2. The molecule has 1 rings (SSSR count). The van der Waals surface area contributed by atoms with Crippen molar-refractivity contribution in [1.82, 2.24) is 0 Å². The van der Waals surface area contributed by atoms with Gasteiger partial charge in [-0.05, 0) is 18.2 Å². The maximum Gasteiger partial charge on any atom is 0.416 e. The Morgan fingerprint density at radius 2 is 2.00 bits per heavy atom. The van der Waals surface area contributed by atoms with Crippen LogP contribution < -0.4 is 0 Å². The zero-order chi connectivity index (χ0) is 12.3. The van der Waals surface area contributed by atoms with Crippen molar-refractivity contribution in [3.63, 3.8) is 0 Å². The number of thioether (sulfide) groups is 1. The highest BCUT2D eigenvalue weighted by Gasteiger charge is 2.31. The van der Waals surface area contributed by atoms with E-state index < -0.39 is 29.3 Å². The molecule has 0 amide bonds. The maximum absolute atomic E-state index is 13.0. The van der Waals surface area contributed by atoms with Gasteiger partial charge < -0.3 is 5.11 Å². The highest BCUT2D eigenvalue weighted by Crippen LogP contribution is 2.33. The maximum atomic E-state index is 13.0. The fraction of sp³-hybridized carbons (Fsp3) is 0.222. The number of carboxylic acids is 1. The third-order valence-corrected chi connectivity index (χ3v) is 2.62. The third-order valence-electron chi connectivity index (χ3n) is 1.61. The molecule has 1 N–H and O–H groups in total. The molecule has 2 nitrogen and oxygen atoms in total. The fourth-order valence-electron chi connectivity index (χ4n) is 0.930. The smallest absolute Gasteiger partial charge is 0.416 e. The summed E-state index contributed by atoms with van der Waals surface area (Å²) in [6.07, 6.45) is -4.56. The van der Waals surface area contributed by atoms with Gasteiger partial charge in [0.1, 0.15) is 5.82 Å². The molecule has 0 unspecified atom stereocenters. The molecule has 16 heavy (non-hydrogen) atoms. The van der Waals surface area contributed by atoms with Gasteiger partial charge in [-0.1, -0.05) is 0 Å². The van der Waals surface area contributed by atoms with Crippen LogP contribution in [0.3, 0.4) is 0 Å². The van der Waals surface area contributed by atoms with Gasteiger partial charge in [-0.3, -0.25) is 4.79 Å². The summed E-state index contributed by atoms with van der Waals surface area (Å²) in [5.41, 5.74) is -0.998. The molecular weight excluding hydrogens is 248 g/mol. The van der Waals surface area contributed by atoms with Gasteiger partial charge in [0.05, 0.1) is 11.3 Å². The average molecular weight is 254 g/mol. The summed E-state index contributed by atoms with van der Waals surface area (Å²) in [7, 11) is 0. The Hall–Kier alpha value is -1.24. The molecule has 0 aliphatic rings. The largest absolute Gasteiger partial charge is 0.481 e. The molecule has 0 aromatic heterocycles. The third kappa shape index (κ3) is 3.41. The molecule has 0 radical (unpaired) electrons. The Balaban J connectivity index is 2.95. The van der Waals surface area contributed by atoms with Crippen molar-refractivity contribution in [2.75, 3.05) is 5.75 Å². The van der Waals surface area contributed by atoms with Crippen LogP contribution in [0.2, 0.25) is 0 Å². The van der Waals surface area contributed by atoms with E-state index in [-0.39, 0.29) is 4.90 Å². The summed E-state index contributed by atoms with van der Waals surface area (Å²) in [5.74, 6) is -2.57. The number of rotatable bonds is 3. The van der Waals surface area contributed by atoms with Crippen molar-refractivity contribution < 1.29 is 27.5 Å². The van der Waals surface area contributed by atoms with E-state index in [1.54, 1.807) is 0 Å². The minimum atomic E-state index is -4.56. The van der Waals surface area contributed by atoms with Gasteiger partial charge in [0.25, 0.3) is 0 Å². The Bertz CT molecular complexity index is 403. The highest BCUT2D eigenvalue weighted by molar-refractivity contribution is 8.00. The number of benzene rings is 1. The van der Waals surface area contributed by atoms with Crippen molar-refractivity contribution in [3.8, 4) is 0 Å². The van der Waals surface area contributed by atoms with Crippen LogP contribution >= 0.6 is 11.8 Å². The summed E-state index contributed by atoms with van der Waals surface area (Å²) in [5, 5.41) is 8.33. The second kappa shape index (κ2) is 4.73. The zero-order valence-corrected chi connectivity index (χ0v) is 8.53. The molecule has 0 saturated carbocycles. The predicted molar refractivity (Wildman–Crippen MR) is 49.8 cm³/mol. The van der Waals surface area contributed by atoms with Crippen LogP contribution in [0, 0.1) is 5.82 Å². The van der Waals surface area contributed by atoms with Crippen LogP contribution in [-0.2, 0) is 11.0 Å². The number of halogens is 4. The van der Waals surface area contributed by atoms with Gasteiger partial charge in [-0.25, -0.2) is 4.39 Å². The Morgan fingerprint density at radius 3 is 2.50 bits per heavy atom. The number of carbonyl (C=O) groups is 1. The number of carboxylic acid groups (broad SMARTS) is 1. The molecule has 0 aliphatic carbocycles. The summed E-state index contributed by atoms with van der Waals surface area (Å²) in [6.45, 7) is 0. The van der Waals surface area contributed by atoms with E-state index in [1.807, 2.05) is 0 Å². The monoisotopic (exact) mass is 254 g/mol. The van der Waals surface area contributed by atoms with Crippen molar-refractivity contribution in [1.29, 1.82) is 0 Å². The zero-order valence-electron chi connectivity index (χ0n) is 7.71. The molecule has 1 aromatic rings. The quantitative estimate of drug-likeness (QED) is 0.665. The van der Waals surface area contributed by atoms with E-state index >= 15 is 0 Å². The van der Waals surface area contributed by atoms with Crippen LogP contribution in [0.1, 0.15) is 5.56 Å². The van der Waals surface area contributed by atoms with Gasteiger partial charge in [0.15, 0.2) is 0 Å². The molecule has 88 valence electrons. The molecular formula is C9H6F4O2S. The lowest BCUT2D eigenvalue weighted by atomic mass is 10.2. The second-order valence-electron chi connectivity index (χ2n) is 2.83. The molecule has 0 saturated heterocycles. The van der Waals surface area contributed by atoms with E-state index in [9.17, 15) is 22.4 Å². The first-order valence-electron chi connectivity index (χ1n) is 4.02. The average Bonchev–Trinajstić information content (AvgIpc) is 2.14. The second-order valence-corrected chi connectivity index (χ2v) is 3.84. The minimum Gasteiger partial charge on any atom is -0.481 e. The molecule has 0 heterocycles. The van der Waals surface area contributed by atoms with Crippen molar-refractivity contribution in [3.05, 3.63) is 29.6 Å². The number of aliphatic carboxylic acids is 1. The lowest BCUT2D eigenvalue weighted by Crippen LogP contribution is -2.06. The molecule has 0 bridgehead atoms. The SMILES string of the molecule is O=C(O)CSc1cc(C(F)(F)F)ccc1F. The van der Waals surface area contributed by atoms with Gasteiger partial charge in [-0.15, -0.1) is 11.8 Å². The van der Waals surface area contributed by atoms with Crippen LogP contribution in [-0.4, -0.2) is 16.8 Å². The summed E-state index contributed by atoms with van der Waals surface area (Å²) >= 11 is 0.511. The Morgan fingerprint density at radius 1 is 1.38 bits per heavy atom.